The number of rotatable bonds is 7. The third kappa shape index (κ3) is 4.20. The molecule has 0 fully saturated rings. The lowest BCUT2D eigenvalue weighted by atomic mass is 10.1. The molecule has 104 valence electrons. The van der Waals surface area contributed by atoms with E-state index in [4.69, 9.17) is 14.6 Å². The zero-order valence-electron chi connectivity index (χ0n) is 10.6. The van der Waals surface area contributed by atoms with E-state index in [0.29, 0.717) is 37.7 Å². The summed E-state index contributed by atoms with van der Waals surface area (Å²) in [6, 6.07) is 5.71. The zero-order valence-corrected chi connectivity index (χ0v) is 10.6. The Kier molecular flexibility index (Phi) is 5.14. The maximum atomic E-state index is 11.2. The molecule has 0 atom stereocenters. The summed E-state index contributed by atoms with van der Waals surface area (Å²) >= 11 is 0. The number of ether oxygens (including phenoxy) is 2. The highest BCUT2D eigenvalue weighted by Gasteiger charge is 2.15. The lowest BCUT2D eigenvalue weighted by Crippen LogP contribution is -2.25. The van der Waals surface area contributed by atoms with Crippen LogP contribution in [0.15, 0.2) is 18.2 Å². The summed E-state index contributed by atoms with van der Waals surface area (Å²) in [5.41, 5.74) is 1.78. The Morgan fingerprint density at radius 1 is 1.42 bits per heavy atom. The molecule has 0 spiro atoms. The third-order valence-electron chi connectivity index (χ3n) is 2.66. The first kappa shape index (κ1) is 13.8. The van der Waals surface area contributed by atoms with Crippen LogP contribution < -0.4 is 15.4 Å². The molecule has 1 aliphatic rings. The van der Waals surface area contributed by atoms with E-state index >= 15 is 0 Å². The van der Waals surface area contributed by atoms with E-state index in [9.17, 15) is 4.79 Å². The number of nitrogens with one attached hydrogen (secondary N) is 2. The van der Waals surface area contributed by atoms with Crippen LogP contribution in [0.1, 0.15) is 5.56 Å². The Hall–Kier alpha value is -1.63. The summed E-state index contributed by atoms with van der Waals surface area (Å²) in [6.07, 6.45) is 0. The largest absolute Gasteiger partial charge is 0.482 e. The van der Waals surface area contributed by atoms with Crippen molar-refractivity contribution in [3.8, 4) is 5.75 Å². The number of carbonyl (C=O) groups is 1. The van der Waals surface area contributed by atoms with Crippen LogP contribution in [-0.4, -0.2) is 44.0 Å². The second kappa shape index (κ2) is 7.08. The average molecular weight is 266 g/mol. The minimum absolute atomic E-state index is 0.0462. The predicted octanol–water partition coefficient (Wildman–Crippen LogP) is 0.116. The Balaban J connectivity index is 1.78. The number of hydrogen-bond acceptors (Lipinski definition) is 5. The maximum Gasteiger partial charge on any atom is 0.262 e. The molecule has 0 aromatic heterocycles. The highest BCUT2D eigenvalue weighted by Crippen LogP contribution is 2.28. The van der Waals surface area contributed by atoms with Crippen LogP contribution >= 0.6 is 0 Å². The highest BCUT2D eigenvalue weighted by molar-refractivity contribution is 5.95. The van der Waals surface area contributed by atoms with Gasteiger partial charge in [-0.25, -0.2) is 0 Å². The van der Waals surface area contributed by atoms with Crippen LogP contribution in [0.2, 0.25) is 0 Å². The monoisotopic (exact) mass is 266 g/mol. The van der Waals surface area contributed by atoms with Crippen molar-refractivity contribution in [2.24, 2.45) is 0 Å². The van der Waals surface area contributed by atoms with Gasteiger partial charge in [0.15, 0.2) is 6.61 Å². The molecule has 0 radical (unpaired) electrons. The molecule has 0 saturated carbocycles. The lowest BCUT2D eigenvalue weighted by Gasteiger charge is -2.18. The van der Waals surface area contributed by atoms with Crippen molar-refractivity contribution in [3.63, 3.8) is 0 Å². The van der Waals surface area contributed by atoms with E-state index in [1.54, 1.807) is 0 Å². The molecular weight excluding hydrogens is 248 g/mol. The molecule has 0 aliphatic carbocycles. The summed E-state index contributed by atoms with van der Waals surface area (Å²) in [4.78, 5) is 11.2. The van der Waals surface area contributed by atoms with Gasteiger partial charge >= 0.3 is 0 Å². The second-order valence-electron chi connectivity index (χ2n) is 4.18. The number of aliphatic hydroxyl groups is 1. The lowest BCUT2D eigenvalue weighted by molar-refractivity contribution is -0.118. The molecule has 2 rings (SSSR count). The fraction of sp³-hybridized carbons (Fsp3) is 0.462. The van der Waals surface area contributed by atoms with E-state index in [2.05, 4.69) is 10.6 Å². The van der Waals surface area contributed by atoms with Crippen molar-refractivity contribution in [2.45, 2.75) is 6.54 Å². The van der Waals surface area contributed by atoms with E-state index in [1.165, 1.54) is 0 Å². The molecule has 0 bridgehead atoms. The SMILES string of the molecule is O=C1COc2ccc(CNCCOCCO)cc2N1. The fourth-order valence-corrected chi connectivity index (χ4v) is 1.78. The van der Waals surface area contributed by atoms with E-state index in [-0.39, 0.29) is 19.1 Å². The van der Waals surface area contributed by atoms with Crippen LogP contribution in [-0.2, 0) is 16.1 Å². The summed E-state index contributed by atoms with van der Waals surface area (Å²) in [7, 11) is 0. The molecule has 0 saturated heterocycles. The van der Waals surface area contributed by atoms with Crippen molar-refractivity contribution in [1.29, 1.82) is 0 Å². The van der Waals surface area contributed by atoms with Crippen molar-refractivity contribution >= 4 is 11.6 Å². The number of benzene rings is 1. The quantitative estimate of drug-likeness (QED) is 0.611. The molecule has 1 aliphatic heterocycles. The second-order valence-corrected chi connectivity index (χ2v) is 4.18. The van der Waals surface area contributed by atoms with E-state index in [0.717, 1.165) is 5.56 Å². The molecule has 19 heavy (non-hydrogen) atoms. The van der Waals surface area contributed by atoms with Crippen LogP contribution in [0.3, 0.4) is 0 Å². The van der Waals surface area contributed by atoms with Gasteiger partial charge in [-0.1, -0.05) is 6.07 Å². The van der Waals surface area contributed by atoms with Gasteiger partial charge in [0.1, 0.15) is 5.75 Å². The van der Waals surface area contributed by atoms with Gasteiger partial charge < -0.3 is 25.2 Å². The first-order valence-corrected chi connectivity index (χ1v) is 6.24. The topological polar surface area (TPSA) is 79.8 Å². The van der Waals surface area contributed by atoms with Crippen molar-refractivity contribution in [2.75, 3.05) is 38.3 Å². The number of fused-ring (bicyclic) bond motifs is 1. The van der Waals surface area contributed by atoms with E-state index in [1.807, 2.05) is 18.2 Å². The van der Waals surface area contributed by atoms with E-state index < -0.39 is 0 Å². The van der Waals surface area contributed by atoms with Gasteiger partial charge in [0, 0.05) is 13.1 Å². The Morgan fingerprint density at radius 3 is 3.16 bits per heavy atom. The minimum Gasteiger partial charge on any atom is -0.482 e. The van der Waals surface area contributed by atoms with Gasteiger partial charge in [-0.3, -0.25) is 4.79 Å². The summed E-state index contributed by atoms with van der Waals surface area (Å²) in [5, 5.41) is 14.5. The molecular formula is C13H18N2O4. The van der Waals surface area contributed by atoms with Crippen molar-refractivity contribution < 1.29 is 19.4 Å². The molecule has 1 amide bonds. The number of amides is 1. The normalized spacial score (nSPS) is 13.6. The van der Waals surface area contributed by atoms with Gasteiger partial charge in [0.25, 0.3) is 5.91 Å². The molecule has 1 heterocycles. The highest BCUT2D eigenvalue weighted by atomic mass is 16.5. The Morgan fingerprint density at radius 2 is 2.32 bits per heavy atom. The Labute approximate surface area is 111 Å². The van der Waals surface area contributed by atoms with Crippen LogP contribution in [0.5, 0.6) is 5.75 Å². The van der Waals surface area contributed by atoms with Crippen LogP contribution in [0.4, 0.5) is 5.69 Å². The number of anilines is 1. The molecule has 3 N–H and O–H groups in total. The summed E-state index contributed by atoms with van der Waals surface area (Å²) < 4.78 is 10.4. The Bertz CT molecular complexity index is 437. The van der Waals surface area contributed by atoms with Gasteiger partial charge in [0.05, 0.1) is 25.5 Å². The molecule has 0 unspecified atom stereocenters. The number of carbonyl (C=O) groups excluding carboxylic acids is 1. The number of aliphatic hydroxyl groups excluding tert-OH is 1. The van der Waals surface area contributed by atoms with Crippen LogP contribution in [0, 0.1) is 0 Å². The fourth-order valence-electron chi connectivity index (χ4n) is 1.78. The average Bonchev–Trinajstić information content (AvgIpc) is 2.42. The standard InChI is InChI=1S/C13H18N2O4/c16-4-6-18-5-3-14-8-10-1-2-12-11(7-10)15-13(17)9-19-12/h1-2,7,14,16H,3-6,8-9H2,(H,15,17). The van der Waals surface area contributed by atoms with Crippen molar-refractivity contribution in [1.82, 2.24) is 5.32 Å². The van der Waals surface area contributed by atoms with Crippen LogP contribution in [0.25, 0.3) is 0 Å². The third-order valence-corrected chi connectivity index (χ3v) is 2.66. The van der Waals surface area contributed by atoms with Gasteiger partial charge in [-0.05, 0) is 17.7 Å². The zero-order chi connectivity index (χ0) is 13.5. The molecule has 6 nitrogen and oxygen atoms in total. The minimum atomic E-state index is -0.130. The van der Waals surface area contributed by atoms with Crippen molar-refractivity contribution in [3.05, 3.63) is 23.8 Å². The molecule has 1 aromatic carbocycles. The molecule has 1 aromatic rings. The summed E-state index contributed by atoms with van der Waals surface area (Å²) in [5.74, 6) is 0.574. The number of hydrogen-bond donors (Lipinski definition) is 3. The summed E-state index contributed by atoms with van der Waals surface area (Å²) in [6.45, 7) is 2.44. The molecule has 6 heteroatoms. The van der Waals surface area contributed by atoms with Gasteiger partial charge in [-0.2, -0.15) is 0 Å². The smallest absolute Gasteiger partial charge is 0.262 e. The van der Waals surface area contributed by atoms with Gasteiger partial charge in [0.2, 0.25) is 0 Å². The predicted molar refractivity (Wildman–Crippen MR) is 70.2 cm³/mol. The van der Waals surface area contributed by atoms with Gasteiger partial charge in [-0.15, -0.1) is 0 Å². The first-order chi connectivity index (χ1) is 9.29. The first-order valence-electron chi connectivity index (χ1n) is 6.24. The maximum absolute atomic E-state index is 11.2.